The van der Waals surface area contributed by atoms with E-state index in [1.54, 1.807) is 60.8 Å². The predicted molar refractivity (Wildman–Crippen MR) is 109 cm³/mol. The highest BCUT2D eigenvalue weighted by atomic mass is 16.5. The summed E-state index contributed by atoms with van der Waals surface area (Å²) in [5, 5.41) is 12.1. The van der Waals surface area contributed by atoms with Gasteiger partial charge in [0.1, 0.15) is 5.75 Å². The van der Waals surface area contributed by atoms with Gasteiger partial charge in [-0.2, -0.15) is 0 Å². The zero-order valence-electron chi connectivity index (χ0n) is 15.1. The van der Waals surface area contributed by atoms with Crippen molar-refractivity contribution in [1.82, 2.24) is 9.55 Å². The second kappa shape index (κ2) is 7.36. The molecule has 28 heavy (non-hydrogen) atoms. The maximum atomic E-state index is 13.1. The fourth-order valence-electron chi connectivity index (χ4n) is 3.09. The van der Waals surface area contributed by atoms with Gasteiger partial charge in [-0.05, 0) is 30.3 Å². The van der Waals surface area contributed by atoms with Crippen LogP contribution < -0.4 is 10.3 Å². The Labute approximate surface area is 161 Å². The third kappa shape index (κ3) is 3.01. The van der Waals surface area contributed by atoms with Crippen molar-refractivity contribution in [2.45, 2.75) is 0 Å². The lowest BCUT2D eigenvalue weighted by Crippen LogP contribution is -2.20. The number of pyridine rings is 2. The number of fused-ring (bicyclic) bond motifs is 1. The number of nitrogens with zero attached hydrogens (tertiary/aromatic N) is 3. The van der Waals surface area contributed by atoms with E-state index in [1.165, 1.54) is 17.9 Å². The molecule has 6 heteroatoms. The van der Waals surface area contributed by atoms with Crippen LogP contribution in [-0.2, 0) is 0 Å². The van der Waals surface area contributed by atoms with Gasteiger partial charge in [0.05, 0.1) is 18.4 Å². The Bertz CT molecular complexity index is 1230. The molecule has 2 aromatic heterocycles. The summed E-state index contributed by atoms with van der Waals surface area (Å²) < 4.78 is 6.61. The lowest BCUT2D eigenvalue weighted by molar-refractivity contribution is 0.404. The van der Waals surface area contributed by atoms with Gasteiger partial charge >= 0.3 is 0 Å². The van der Waals surface area contributed by atoms with Gasteiger partial charge in [-0.1, -0.05) is 36.4 Å². The van der Waals surface area contributed by atoms with E-state index in [0.29, 0.717) is 33.6 Å². The first-order valence-corrected chi connectivity index (χ1v) is 8.66. The first-order valence-electron chi connectivity index (χ1n) is 8.66. The van der Waals surface area contributed by atoms with Crippen molar-refractivity contribution >= 4 is 22.8 Å². The maximum absolute atomic E-state index is 13.1. The molecule has 0 fully saturated rings. The minimum Gasteiger partial charge on any atom is -0.495 e. The quantitative estimate of drug-likeness (QED) is 0.553. The Balaban J connectivity index is 2.02. The second-order valence-electron chi connectivity index (χ2n) is 6.04. The van der Waals surface area contributed by atoms with Gasteiger partial charge in [-0.3, -0.25) is 4.79 Å². The molecule has 0 atom stereocenters. The lowest BCUT2D eigenvalue weighted by Gasteiger charge is -2.15. The molecule has 0 spiro atoms. The van der Waals surface area contributed by atoms with Gasteiger partial charge in [0, 0.05) is 23.2 Å². The number of hydrogen-bond donors (Lipinski definition) is 1. The highest BCUT2D eigenvalue weighted by Crippen LogP contribution is 2.30. The summed E-state index contributed by atoms with van der Waals surface area (Å²) in [6.07, 6.45) is 3.16. The molecule has 0 aliphatic rings. The van der Waals surface area contributed by atoms with Crippen LogP contribution in [0.25, 0.3) is 16.5 Å². The van der Waals surface area contributed by atoms with Gasteiger partial charge in [-0.25, -0.2) is 14.5 Å². The zero-order valence-corrected chi connectivity index (χ0v) is 15.1. The largest absolute Gasteiger partial charge is 0.495 e. The number of aromatic hydroxyl groups is 1. The van der Waals surface area contributed by atoms with Crippen LogP contribution in [0.1, 0.15) is 5.56 Å². The van der Waals surface area contributed by atoms with E-state index in [0.717, 1.165) is 0 Å². The van der Waals surface area contributed by atoms with Crippen molar-refractivity contribution in [2.24, 2.45) is 4.99 Å². The van der Waals surface area contributed by atoms with Crippen LogP contribution in [0, 0.1) is 0 Å². The molecular weight excluding hydrogens is 354 g/mol. The lowest BCUT2D eigenvalue weighted by atomic mass is 10.1. The van der Waals surface area contributed by atoms with Crippen LogP contribution in [0.3, 0.4) is 0 Å². The molecule has 0 bridgehead atoms. The van der Waals surface area contributed by atoms with Crippen LogP contribution >= 0.6 is 0 Å². The summed E-state index contributed by atoms with van der Waals surface area (Å²) in [5.41, 5.74) is 0.532. The average Bonchev–Trinajstić information content (AvgIpc) is 2.75. The van der Waals surface area contributed by atoms with Gasteiger partial charge in [0.2, 0.25) is 5.88 Å². The van der Waals surface area contributed by atoms with Crippen molar-refractivity contribution in [2.75, 3.05) is 7.11 Å². The number of hydrogen-bond acceptors (Lipinski definition) is 5. The molecule has 0 aliphatic heterocycles. The molecule has 0 saturated heterocycles. The number of aliphatic imine (C=N–C) groups is 1. The van der Waals surface area contributed by atoms with Crippen molar-refractivity contribution in [1.29, 1.82) is 0 Å². The monoisotopic (exact) mass is 371 g/mol. The van der Waals surface area contributed by atoms with Gasteiger partial charge in [0.15, 0.2) is 5.82 Å². The third-order valence-electron chi connectivity index (χ3n) is 4.40. The number of rotatable bonds is 4. The highest BCUT2D eigenvalue weighted by molar-refractivity contribution is 6.02. The highest BCUT2D eigenvalue weighted by Gasteiger charge is 2.18. The van der Waals surface area contributed by atoms with E-state index in [2.05, 4.69) is 9.98 Å². The summed E-state index contributed by atoms with van der Waals surface area (Å²) in [4.78, 5) is 21.6. The van der Waals surface area contributed by atoms with Gasteiger partial charge in [-0.15, -0.1) is 0 Å². The number of benzene rings is 2. The second-order valence-corrected chi connectivity index (χ2v) is 6.04. The standard InChI is InChI=1S/C22H17N3O3/c1-28-19-11-5-4-10-18(19)25-21(26)16-9-3-2-8-15(16)17(22(25)27)14-24-20-12-6-7-13-23-20/h2-14,27H,1H3. The smallest absolute Gasteiger partial charge is 0.265 e. The molecule has 6 nitrogen and oxygen atoms in total. The summed E-state index contributed by atoms with van der Waals surface area (Å²) >= 11 is 0. The molecule has 0 amide bonds. The minimum atomic E-state index is -0.340. The fourth-order valence-corrected chi connectivity index (χ4v) is 3.09. The molecule has 138 valence electrons. The Morgan fingerprint density at radius 3 is 2.46 bits per heavy atom. The molecule has 0 unspecified atom stereocenters. The van der Waals surface area contributed by atoms with Crippen molar-refractivity contribution in [3.05, 3.63) is 88.8 Å². The molecular formula is C22H17N3O3. The van der Waals surface area contributed by atoms with Crippen molar-refractivity contribution in [3.63, 3.8) is 0 Å². The molecule has 4 aromatic rings. The Kier molecular flexibility index (Phi) is 4.60. The average molecular weight is 371 g/mol. The molecule has 0 radical (unpaired) electrons. The maximum Gasteiger partial charge on any atom is 0.265 e. The number of para-hydroxylation sites is 2. The molecule has 4 rings (SSSR count). The van der Waals surface area contributed by atoms with E-state index in [4.69, 9.17) is 4.74 Å². The van der Waals surface area contributed by atoms with E-state index in [-0.39, 0.29) is 11.4 Å². The summed E-state index contributed by atoms with van der Waals surface area (Å²) in [7, 11) is 1.52. The minimum absolute atomic E-state index is 0.215. The molecule has 0 saturated carbocycles. The van der Waals surface area contributed by atoms with E-state index >= 15 is 0 Å². The van der Waals surface area contributed by atoms with E-state index < -0.39 is 0 Å². The van der Waals surface area contributed by atoms with E-state index in [9.17, 15) is 9.90 Å². The van der Waals surface area contributed by atoms with Crippen molar-refractivity contribution < 1.29 is 9.84 Å². The third-order valence-corrected chi connectivity index (χ3v) is 4.40. The molecule has 1 N–H and O–H groups in total. The predicted octanol–water partition coefficient (Wildman–Crippen LogP) is 3.85. The summed E-state index contributed by atoms with van der Waals surface area (Å²) in [6, 6.07) is 19.5. The fraction of sp³-hybridized carbons (Fsp3) is 0.0455. The van der Waals surface area contributed by atoms with Crippen LogP contribution in [0.5, 0.6) is 11.6 Å². The van der Waals surface area contributed by atoms with Gasteiger partial charge in [0.25, 0.3) is 5.56 Å². The first-order chi connectivity index (χ1) is 13.7. The summed E-state index contributed by atoms with van der Waals surface area (Å²) in [5.74, 6) is 0.761. The van der Waals surface area contributed by atoms with Crippen LogP contribution in [0.2, 0.25) is 0 Å². The first kappa shape index (κ1) is 17.5. The Morgan fingerprint density at radius 2 is 1.71 bits per heavy atom. The number of methoxy groups -OCH3 is 1. The van der Waals surface area contributed by atoms with Gasteiger partial charge < -0.3 is 9.84 Å². The SMILES string of the molecule is COc1ccccc1-n1c(O)c(C=Nc2ccccn2)c2ccccc2c1=O. The van der Waals surface area contributed by atoms with E-state index in [1.807, 2.05) is 12.1 Å². The Morgan fingerprint density at radius 1 is 1.00 bits per heavy atom. The Hall–Kier alpha value is -3.93. The normalized spacial score (nSPS) is 11.2. The topological polar surface area (TPSA) is 76.7 Å². The molecule has 2 aromatic carbocycles. The molecule has 0 aliphatic carbocycles. The zero-order chi connectivity index (χ0) is 19.5. The summed E-state index contributed by atoms with van der Waals surface area (Å²) in [6.45, 7) is 0. The number of aromatic nitrogens is 2. The van der Waals surface area contributed by atoms with Crippen LogP contribution in [0.15, 0.2) is 82.7 Å². The number of ether oxygens (including phenoxy) is 1. The van der Waals surface area contributed by atoms with Crippen molar-refractivity contribution in [3.8, 4) is 17.3 Å². The van der Waals surface area contributed by atoms with Crippen LogP contribution in [-0.4, -0.2) is 28.0 Å². The molecule has 2 heterocycles. The van der Waals surface area contributed by atoms with Crippen LogP contribution in [0.4, 0.5) is 5.82 Å².